The van der Waals surface area contributed by atoms with Crippen LogP contribution in [0.1, 0.15) is 16.9 Å². The molecule has 2 heterocycles. The molecule has 0 spiro atoms. The average Bonchev–Trinajstić information content (AvgIpc) is 3.02. The third kappa shape index (κ3) is 2.83. The van der Waals surface area contributed by atoms with E-state index in [1.807, 2.05) is 30.3 Å². The summed E-state index contributed by atoms with van der Waals surface area (Å²) in [4.78, 5) is 46.7. The maximum Gasteiger partial charge on any atom is 0.274 e. The second-order valence-electron chi connectivity index (χ2n) is 6.35. The Morgan fingerprint density at radius 1 is 1.15 bits per heavy atom. The van der Waals surface area contributed by atoms with Gasteiger partial charge in [0.25, 0.3) is 11.8 Å². The van der Waals surface area contributed by atoms with E-state index >= 15 is 0 Å². The first-order chi connectivity index (χ1) is 12.3. The molecule has 0 N–H and O–H groups in total. The molecule has 0 aliphatic carbocycles. The molecular weight excluding hydrogens is 334 g/mol. The van der Waals surface area contributed by atoms with Gasteiger partial charge in [-0.2, -0.15) is 0 Å². The van der Waals surface area contributed by atoms with Crippen LogP contribution >= 0.6 is 0 Å². The molecule has 8 nitrogen and oxygen atoms in total. The Morgan fingerprint density at radius 3 is 2.46 bits per heavy atom. The van der Waals surface area contributed by atoms with Crippen molar-refractivity contribution < 1.29 is 14.4 Å². The molecule has 0 bridgehead atoms. The van der Waals surface area contributed by atoms with Gasteiger partial charge in [0.05, 0.1) is 12.7 Å². The third-order valence-electron chi connectivity index (χ3n) is 4.73. The molecule has 0 saturated carbocycles. The summed E-state index contributed by atoms with van der Waals surface area (Å²) < 4.78 is 1.58. The van der Waals surface area contributed by atoms with Gasteiger partial charge in [-0.1, -0.05) is 18.2 Å². The number of aromatic nitrogens is 2. The van der Waals surface area contributed by atoms with Gasteiger partial charge in [0.2, 0.25) is 5.91 Å². The number of imidazole rings is 1. The molecule has 3 amide bonds. The van der Waals surface area contributed by atoms with E-state index < -0.39 is 6.04 Å². The standard InChI is InChI=1S/C18H21N5O3/c1-20-11-19-16-15(20)18(26)22(3)13(17(25)23(16)4)10-14(24)21(2)12-8-6-5-7-9-12/h5-9,11,13H,10H2,1-4H3. The normalized spacial score (nSPS) is 17.2. The molecule has 1 aliphatic heterocycles. The van der Waals surface area contributed by atoms with Gasteiger partial charge in [-0.25, -0.2) is 4.98 Å². The lowest BCUT2D eigenvalue weighted by Crippen LogP contribution is -2.48. The van der Waals surface area contributed by atoms with Crippen molar-refractivity contribution in [2.75, 3.05) is 30.9 Å². The summed E-state index contributed by atoms with van der Waals surface area (Å²) in [5.74, 6) is -0.617. The van der Waals surface area contributed by atoms with E-state index in [0.29, 0.717) is 11.5 Å². The van der Waals surface area contributed by atoms with Gasteiger partial charge in [0, 0.05) is 33.9 Å². The number of likely N-dealkylation sites (N-methyl/N-ethyl adjacent to an activating group) is 2. The Labute approximate surface area is 151 Å². The van der Waals surface area contributed by atoms with Crippen LogP contribution in [0.25, 0.3) is 0 Å². The first-order valence-electron chi connectivity index (χ1n) is 8.20. The van der Waals surface area contributed by atoms with Gasteiger partial charge < -0.3 is 14.4 Å². The first kappa shape index (κ1) is 17.7. The number of fused-ring (bicyclic) bond motifs is 1. The predicted octanol–water partition coefficient (Wildman–Crippen LogP) is 0.890. The van der Waals surface area contributed by atoms with E-state index in [-0.39, 0.29) is 24.1 Å². The minimum Gasteiger partial charge on any atom is -0.328 e. The van der Waals surface area contributed by atoms with E-state index in [1.165, 1.54) is 28.1 Å². The fraction of sp³-hybridized carbons (Fsp3) is 0.333. The third-order valence-corrected chi connectivity index (χ3v) is 4.73. The van der Waals surface area contributed by atoms with Crippen molar-refractivity contribution in [3.63, 3.8) is 0 Å². The number of rotatable bonds is 3. The summed E-state index contributed by atoms with van der Waals surface area (Å²) in [6.07, 6.45) is 1.39. The van der Waals surface area contributed by atoms with Gasteiger partial charge in [-0.15, -0.1) is 0 Å². The van der Waals surface area contributed by atoms with Gasteiger partial charge in [-0.3, -0.25) is 19.3 Å². The second kappa shape index (κ2) is 6.62. The zero-order valence-electron chi connectivity index (χ0n) is 15.2. The molecule has 1 atom stereocenters. The highest BCUT2D eigenvalue weighted by molar-refractivity contribution is 6.10. The van der Waals surface area contributed by atoms with Crippen LogP contribution in [0.5, 0.6) is 0 Å². The van der Waals surface area contributed by atoms with Crippen molar-refractivity contribution in [2.45, 2.75) is 12.5 Å². The minimum atomic E-state index is -0.889. The number of carbonyl (C=O) groups is 3. The van der Waals surface area contributed by atoms with Crippen LogP contribution in [0.3, 0.4) is 0 Å². The number of para-hydroxylation sites is 1. The van der Waals surface area contributed by atoms with Crippen molar-refractivity contribution in [2.24, 2.45) is 7.05 Å². The lowest BCUT2D eigenvalue weighted by molar-refractivity contribution is -0.127. The molecule has 1 aromatic heterocycles. The van der Waals surface area contributed by atoms with Crippen molar-refractivity contribution >= 4 is 29.2 Å². The Hall–Kier alpha value is -3.16. The number of hydrogen-bond donors (Lipinski definition) is 0. The van der Waals surface area contributed by atoms with Gasteiger partial charge in [-0.05, 0) is 12.1 Å². The van der Waals surface area contributed by atoms with Crippen LogP contribution in [0.15, 0.2) is 36.7 Å². The number of carbonyl (C=O) groups excluding carboxylic acids is 3. The highest BCUT2D eigenvalue weighted by Gasteiger charge is 2.40. The van der Waals surface area contributed by atoms with Crippen LogP contribution in [0.4, 0.5) is 11.5 Å². The van der Waals surface area contributed by atoms with Crippen LogP contribution in [-0.2, 0) is 16.6 Å². The maximum atomic E-state index is 12.9. The zero-order chi connectivity index (χ0) is 19.0. The number of benzene rings is 1. The Kier molecular flexibility index (Phi) is 4.50. The minimum absolute atomic E-state index is 0.106. The van der Waals surface area contributed by atoms with E-state index in [1.54, 1.807) is 25.7 Å². The molecule has 0 radical (unpaired) electrons. The van der Waals surface area contributed by atoms with Crippen LogP contribution in [0.2, 0.25) is 0 Å². The highest BCUT2D eigenvalue weighted by Crippen LogP contribution is 2.26. The SMILES string of the molecule is CN(C(=O)CC1C(=O)N(C)c2ncn(C)c2C(=O)N1C)c1ccccc1. The van der Waals surface area contributed by atoms with Crippen LogP contribution in [0, 0.1) is 0 Å². The lowest BCUT2D eigenvalue weighted by Gasteiger charge is -2.28. The highest BCUT2D eigenvalue weighted by atomic mass is 16.2. The van der Waals surface area contributed by atoms with Gasteiger partial charge >= 0.3 is 0 Å². The van der Waals surface area contributed by atoms with Crippen LogP contribution in [-0.4, -0.2) is 59.4 Å². The van der Waals surface area contributed by atoms with Crippen molar-refractivity contribution in [1.29, 1.82) is 0 Å². The monoisotopic (exact) mass is 355 g/mol. The summed E-state index contributed by atoms with van der Waals surface area (Å²) in [5, 5.41) is 0. The van der Waals surface area contributed by atoms with E-state index in [4.69, 9.17) is 0 Å². The van der Waals surface area contributed by atoms with Gasteiger partial charge in [0.1, 0.15) is 6.04 Å². The summed E-state index contributed by atoms with van der Waals surface area (Å²) in [6, 6.07) is 8.27. The molecule has 0 fully saturated rings. The molecular formula is C18H21N5O3. The lowest BCUT2D eigenvalue weighted by atomic mass is 10.1. The van der Waals surface area contributed by atoms with Gasteiger partial charge in [0.15, 0.2) is 11.5 Å². The zero-order valence-corrected chi connectivity index (χ0v) is 15.2. The molecule has 1 aliphatic rings. The topological polar surface area (TPSA) is 78.8 Å². The summed E-state index contributed by atoms with van der Waals surface area (Å²) in [6.45, 7) is 0. The number of nitrogens with zero attached hydrogens (tertiary/aromatic N) is 5. The van der Waals surface area contributed by atoms with Crippen molar-refractivity contribution in [1.82, 2.24) is 14.5 Å². The molecule has 8 heteroatoms. The molecule has 0 saturated heterocycles. The van der Waals surface area contributed by atoms with Crippen molar-refractivity contribution in [3.05, 3.63) is 42.4 Å². The fourth-order valence-corrected chi connectivity index (χ4v) is 3.03. The smallest absolute Gasteiger partial charge is 0.274 e. The largest absolute Gasteiger partial charge is 0.328 e. The molecule has 3 rings (SSSR count). The first-order valence-corrected chi connectivity index (χ1v) is 8.20. The molecule has 1 aromatic carbocycles. The molecule has 1 unspecified atom stereocenters. The number of amides is 3. The number of anilines is 2. The predicted molar refractivity (Wildman–Crippen MR) is 97.0 cm³/mol. The summed E-state index contributed by atoms with van der Waals surface area (Å²) in [7, 11) is 6.46. The Morgan fingerprint density at radius 2 is 1.81 bits per heavy atom. The quantitative estimate of drug-likeness (QED) is 0.819. The van der Waals surface area contributed by atoms with E-state index in [2.05, 4.69) is 4.98 Å². The average molecular weight is 355 g/mol. The Balaban J connectivity index is 1.87. The number of aryl methyl sites for hydroxylation is 1. The second-order valence-corrected chi connectivity index (χ2v) is 6.35. The molecule has 26 heavy (non-hydrogen) atoms. The summed E-state index contributed by atoms with van der Waals surface area (Å²) >= 11 is 0. The molecule has 2 aromatic rings. The molecule has 136 valence electrons. The summed E-state index contributed by atoms with van der Waals surface area (Å²) in [5.41, 5.74) is 1.06. The Bertz CT molecular complexity index is 861. The van der Waals surface area contributed by atoms with Crippen molar-refractivity contribution in [3.8, 4) is 0 Å². The maximum absolute atomic E-state index is 12.9. The fourth-order valence-electron chi connectivity index (χ4n) is 3.03. The number of hydrogen-bond acceptors (Lipinski definition) is 4. The van der Waals surface area contributed by atoms with Crippen LogP contribution < -0.4 is 9.80 Å². The van der Waals surface area contributed by atoms with E-state index in [9.17, 15) is 14.4 Å². The van der Waals surface area contributed by atoms with E-state index in [0.717, 1.165) is 5.69 Å².